The summed E-state index contributed by atoms with van der Waals surface area (Å²) >= 11 is 7.29. The van der Waals surface area contributed by atoms with Crippen LogP contribution in [0.3, 0.4) is 0 Å². The molecule has 2 aromatic rings. The molecule has 0 fully saturated rings. The predicted octanol–water partition coefficient (Wildman–Crippen LogP) is 3.53. The highest BCUT2D eigenvalue weighted by Gasteiger charge is 2.19. The molecule has 2 heterocycles. The van der Waals surface area contributed by atoms with Crippen molar-refractivity contribution in [3.63, 3.8) is 0 Å². The lowest BCUT2D eigenvalue weighted by atomic mass is 10.3. The Labute approximate surface area is 123 Å². The predicted molar refractivity (Wildman–Crippen MR) is 77.4 cm³/mol. The van der Waals surface area contributed by atoms with Gasteiger partial charge in [0.2, 0.25) is 0 Å². The first-order valence-electron chi connectivity index (χ1n) is 5.24. The molecule has 0 atom stereocenters. The van der Waals surface area contributed by atoms with Crippen molar-refractivity contribution in [1.29, 1.82) is 0 Å². The van der Waals surface area contributed by atoms with Crippen molar-refractivity contribution in [2.45, 2.75) is 20.8 Å². The number of pyridine rings is 1. The number of aromatic hydroxyl groups is 1. The van der Waals surface area contributed by atoms with E-state index < -0.39 is 5.97 Å². The van der Waals surface area contributed by atoms with Gasteiger partial charge in [0.15, 0.2) is 40.1 Å². The zero-order valence-corrected chi connectivity index (χ0v) is 13.0. The lowest BCUT2D eigenvalue weighted by Crippen LogP contribution is -2.04. The summed E-state index contributed by atoms with van der Waals surface area (Å²) in [6.45, 7) is 5.66. The number of carbonyl (C=O) groups excluding carboxylic acids is 1. The van der Waals surface area contributed by atoms with Crippen molar-refractivity contribution in [1.82, 2.24) is 9.38 Å². The van der Waals surface area contributed by atoms with Gasteiger partial charge in [-0.1, -0.05) is 25.4 Å². The van der Waals surface area contributed by atoms with E-state index in [0.717, 1.165) is 0 Å². The largest absolute Gasteiger partial charge is 0.504 e. The number of hydrogen-bond donors (Lipinski definition) is 1. The number of fused-ring (bicyclic) bond motifs is 1. The Morgan fingerprint density at radius 2 is 2.17 bits per heavy atom. The lowest BCUT2D eigenvalue weighted by Gasteiger charge is -2.01. The van der Waals surface area contributed by atoms with Crippen LogP contribution in [0.25, 0.3) is 5.65 Å². The summed E-state index contributed by atoms with van der Waals surface area (Å²) in [6, 6.07) is 1.36. The first-order valence-corrected chi connectivity index (χ1v) is 6.50. The Hall–Kier alpha value is -1.02. The molecule has 98 valence electrons. The van der Waals surface area contributed by atoms with Gasteiger partial charge < -0.3 is 8.17 Å². The van der Waals surface area contributed by atoms with Crippen molar-refractivity contribution < 1.29 is 13.0 Å². The van der Waals surface area contributed by atoms with E-state index in [1.54, 1.807) is 6.92 Å². The molecule has 0 saturated carbocycles. The van der Waals surface area contributed by atoms with Gasteiger partial charge in [0.05, 0.1) is 10.7 Å². The Morgan fingerprint density at radius 3 is 2.72 bits per heavy atom. The normalized spacial score (nSPS) is 9.83. The zero-order valence-electron chi connectivity index (χ0n) is 10.1. The van der Waals surface area contributed by atoms with E-state index in [1.807, 2.05) is 13.8 Å². The highest BCUT2D eigenvalue weighted by Crippen LogP contribution is 2.25. The minimum atomic E-state index is -0.535. The average Bonchev–Trinajstić information content (AvgIpc) is 2.68. The number of aromatic nitrogens is 2. The molecular weight excluding hydrogens is 370 g/mol. The Balaban J connectivity index is 0.000000771. The topological polar surface area (TPSA) is 63.8 Å². The van der Waals surface area contributed by atoms with Crippen LogP contribution in [0.1, 0.15) is 30.0 Å². The van der Waals surface area contributed by atoms with Crippen LogP contribution in [0.2, 0.25) is 5.02 Å². The number of imidazole rings is 1. The van der Waals surface area contributed by atoms with Crippen LogP contribution in [0.5, 0.6) is 5.75 Å². The second-order valence-electron chi connectivity index (χ2n) is 3.15. The first-order chi connectivity index (χ1) is 8.54. The van der Waals surface area contributed by atoms with E-state index in [9.17, 15) is 9.90 Å². The molecule has 5 nitrogen and oxygen atoms in total. The summed E-state index contributed by atoms with van der Waals surface area (Å²) in [4.78, 5) is 15.6. The molecule has 2 rings (SSSR count). The smallest absolute Gasteiger partial charge is 0.366 e. The van der Waals surface area contributed by atoms with Gasteiger partial charge in [-0.05, 0) is 6.92 Å². The van der Waals surface area contributed by atoms with Crippen molar-refractivity contribution in [2.24, 2.45) is 0 Å². The van der Waals surface area contributed by atoms with Crippen LogP contribution < -0.4 is 0 Å². The average molecular weight is 383 g/mol. The lowest BCUT2D eigenvalue weighted by molar-refractivity contribution is 0.0792. The third-order valence-corrected chi connectivity index (χ3v) is 2.71. The first kappa shape index (κ1) is 15.0. The van der Waals surface area contributed by atoms with Crippen LogP contribution in [-0.4, -0.2) is 20.5 Å². The summed E-state index contributed by atoms with van der Waals surface area (Å²) < 4.78 is 6.02. The van der Waals surface area contributed by atoms with Gasteiger partial charge in [-0.25, -0.2) is 9.78 Å². The van der Waals surface area contributed by atoms with Gasteiger partial charge in [0.1, 0.15) is 0 Å². The molecule has 0 saturated heterocycles. The molecule has 0 unspecified atom stereocenters. The van der Waals surface area contributed by atoms with Crippen LogP contribution >= 0.6 is 34.6 Å². The quantitative estimate of drug-likeness (QED) is 0.766. The van der Waals surface area contributed by atoms with Gasteiger partial charge in [-0.3, -0.25) is 4.40 Å². The number of rotatable bonds is 1. The third kappa shape index (κ3) is 2.69. The van der Waals surface area contributed by atoms with Gasteiger partial charge >= 0.3 is 5.97 Å². The summed E-state index contributed by atoms with van der Waals surface area (Å²) in [6.07, 6.45) is 1.50. The van der Waals surface area contributed by atoms with E-state index in [1.165, 1.54) is 39.7 Å². The van der Waals surface area contributed by atoms with E-state index in [4.69, 9.17) is 11.6 Å². The Kier molecular flexibility index (Phi) is 5.21. The number of aryl methyl sites for hydroxylation is 1. The summed E-state index contributed by atoms with van der Waals surface area (Å²) in [7, 11) is 0. The summed E-state index contributed by atoms with van der Waals surface area (Å²) in [5, 5.41) is 9.93. The van der Waals surface area contributed by atoms with Crippen LogP contribution in [0.4, 0.5) is 0 Å². The minimum Gasteiger partial charge on any atom is -0.504 e. The SMILES string of the molecule is CC.Cc1nc2c(O)cc(Cl)cn2c1C(=O)OI. The van der Waals surface area contributed by atoms with Gasteiger partial charge in [-0.2, -0.15) is 0 Å². The van der Waals surface area contributed by atoms with E-state index in [-0.39, 0.29) is 17.1 Å². The molecule has 0 aliphatic carbocycles. The molecule has 0 spiro atoms. The molecule has 0 bridgehead atoms. The van der Waals surface area contributed by atoms with Crippen molar-refractivity contribution in [2.75, 3.05) is 0 Å². The highest BCUT2D eigenvalue weighted by molar-refractivity contribution is 14.1. The van der Waals surface area contributed by atoms with Gasteiger partial charge in [-0.15, -0.1) is 0 Å². The maximum atomic E-state index is 11.5. The van der Waals surface area contributed by atoms with Crippen molar-refractivity contribution in [3.05, 3.63) is 28.7 Å². The molecule has 1 N–H and O–H groups in total. The summed E-state index contributed by atoms with van der Waals surface area (Å²) in [5.74, 6) is -0.615. The Bertz CT molecular complexity index is 583. The second-order valence-corrected chi connectivity index (χ2v) is 4.02. The fraction of sp³-hybridized carbons (Fsp3) is 0.273. The van der Waals surface area contributed by atoms with E-state index >= 15 is 0 Å². The molecule has 0 aliphatic rings. The van der Waals surface area contributed by atoms with Crippen LogP contribution in [-0.2, 0) is 3.07 Å². The van der Waals surface area contributed by atoms with Crippen LogP contribution in [0, 0.1) is 6.92 Å². The Morgan fingerprint density at radius 1 is 1.56 bits per heavy atom. The number of carbonyl (C=O) groups is 1. The molecule has 0 radical (unpaired) electrons. The fourth-order valence-corrected chi connectivity index (χ4v) is 1.90. The molecular formula is C11H12ClIN2O3. The number of halogens is 2. The molecule has 0 aliphatic heterocycles. The van der Waals surface area contributed by atoms with Crippen molar-refractivity contribution >= 4 is 46.2 Å². The summed E-state index contributed by atoms with van der Waals surface area (Å²) in [5.41, 5.74) is 1.00. The second kappa shape index (κ2) is 6.24. The fourth-order valence-electron chi connectivity index (χ4n) is 1.49. The van der Waals surface area contributed by atoms with E-state index in [2.05, 4.69) is 8.05 Å². The monoisotopic (exact) mass is 382 g/mol. The van der Waals surface area contributed by atoms with E-state index in [0.29, 0.717) is 10.7 Å². The maximum absolute atomic E-state index is 11.5. The molecule has 7 heteroatoms. The van der Waals surface area contributed by atoms with Crippen LogP contribution in [0.15, 0.2) is 12.3 Å². The molecule has 0 amide bonds. The number of hydrogen-bond acceptors (Lipinski definition) is 4. The highest BCUT2D eigenvalue weighted by atomic mass is 127. The zero-order chi connectivity index (χ0) is 13.9. The maximum Gasteiger partial charge on any atom is 0.366 e. The molecule has 0 aromatic carbocycles. The standard InChI is InChI=1S/C9H6ClIN2O3.C2H6/c1-4-7(9(15)16-11)13-3-5(10)2-6(14)8(13)12-4;1-2/h2-3,14H,1H3;1-2H3. The van der Waals surface area contributed by atoms with Crippen molar-refractivity contribution in [3.8, 4) is 5.75 Å². The minimum absolute atomic E-state index is 0.0805. The molecule has 18 heavy (non-hydrogen) atoms. The third-order valence-electron chi connectivity index (χ3n) is 2.10. The van der Waals surface area contributed by atoms with Gasteiger partial charge in [0, 0.05) is 12.3 Å². The molecule has 2 aromatic heterocycles. The number of nitrogens with zero attached hydrogens (tertiary/aromatic N) is 2. The van der Waals surface area contributed by atoms with Gasteiger partial charge in [0.25, 0.3) is 0 Å².